The van der Waals surface area contributed by atoms with Gasteiger partial charge in [0.2, 0.25) is 10.0 Å². The average Bonchev–Trinajstić information content (AvgIpc) is 2.50. The van der Waals surface area contributed by atoms with Gasteiger partial charge in [-0.1, -0.05) is 46.2 Å². The van der Waals surface area contributed by atoms with Gasteiger partial charge < -0.3 is 5.32 Å². The van der Waals surface area contributed by atoms with Gasteiger partial charge in [0.05, 0.1) is 4.90 Å². The van der Waals surface area contributed by atoms with Crippen LogP contribution in [0, 0.1) is 5.92 Å². The van der Waals surface area contributed by atoms with E-state index in [9.17, 15) is 8.42 Å². The summed E-state index contributed by atoms with van der Waals surface area (Å²) in [4.78, 5) is 0.420. The predicted molar refractivity (Wildman–Crippen MR) is 87.8 cm³/mol. The van der Waals surface area contributed by atoms with Gasteiger partial charge in [-0.25, -0.2) is 13.1 Å². The third-order valence-corrected chi connectivity index (χ3v) is 5.21. The molecule has 2 N–H and O–H groups in total. The molecule has 0 bridgehead atoms. The fraction of sp³-hybridized carbons (Fsp3) is 0.625. The predicted octanol–water partition coefficient (Wildman–Crippen LogP) is 2.68. The molecular weight excluding hydrogens is 284 g/mol. The first-order chi connectivity index (χ1) is 9.94. The van der Waals surface area contributed by atoms with Crippen molar-refractivity contribution in [3.63, 3.8) is 0 Å². The monoisotopic (exact) mass is 312 g/mol. The maximum absolute atomic E-state index is 12.5. The van der Waals surface area contributed by atoms with Gasteiger partial charge in [-0.3, -0.25) is 0 Å². The summed E-state index contributed by atoms with van der Waals surface area (Å²) >= 11 is 0. The molecule has 0 aliphatic rings. The fourth-order valence-corrected chi connectivity index (χ4v) is 3.52. The van der Waals surface area contributed by atoms with Crippen LogP contribution in [-0.2, 0) is 23.0 Å². The van der Waals surface area contributed by atoms with Gasteiger partial charge in [0, 0.05) is 13.1 Å². The first kappa shape index (κ1) is 18.1. The third-order valence-electron chi connectivity index (χ3n) is 3.70. The Kier molecular flexibility index (Phi) is 7.35. The Labute approximate surface area is 129 Å². The van der Waals surface area contributed by atoms with Gasteiger partial charge in [-0.15, -0.1) is 0 Å². The molecule has 1 rings (SSSR count). The van der Waals surface area contributed by atoms with Crippen molar-refractivity contribution >= 4 is 10.0 Å². The fourth-order valence-electron chi connectivity index (χ4n) is 1.99. The van der Waals surface area contributed by atoms with Crippen LogP contribution in [0.2, 0.25) is 0 Å². The highest BCUT2D eigenvalue weighted by atomic mass is 32.2. The Morgan fingerprint density at radius 2 is 1.90 bits per heavy atom. The molecule has 0 amide bonds. The normalized spacial score (nSPS) is 13.3. The van der Waals surface area contributed by atoms with Crippen LogP contribution in [0.4, 0.5) is 0 Å². The van der Waals surface area contributed by atoms with Crippen molar-refractivity contribution in [2.24, 2.45) is 5.92 Å². The van der Waals surface area contributed by atoms with Crippen molar-refractivity contribution in [1.29, 1.82) is 0 Å². The van der Waals surface area contributed by atoms with Crippen molar-refractivity contribution in [1.82, 2.24) is 10.0 Å². The highest BCUT2D eigenvalue weighted by Crippen LogP contribution is 2.19. The van der Waals surface area contributed by atoms with Crippen LogP contribution in [-0.4, -0.2) is 21.5 Å². The lowest BCUT2D eigenvalue weighted by Crippen LogP contribution is -2.29. The Balaban J connectivity index is 3.01. The molecule has 0 heterocycles. The van der Waals surface area contributed by atoms with Crippen molar-refractivity contribution in [2.45, 2.75) is 52.0 Å². The van der Waals surface area contributed by atoms with Gasteiger partial charge in [0.25, 0.3) is 0 Å². The van der Waals surface area contributed by atoms with E-state index in [1.807, 2.05) is 32.9 Å². The molecule has 1 atom stereocenters. The molecule has 1 aromatic carbocycles. The van der Waals surface area contributed by atoms with E-state index in [0.717, 1.165) is 24.1 Å². The molecular formula is C16H28N2O2S. The number of hydrogen-bond donors (Lipinski definition) is 2. The molecule has 0 aromatic heterocycles. The summed E-state index contributed by atoms with van der Waals surface area (Å²) in [6.07, 6.45) is 1.67. The summed E-state index contributed by atoms with van der Waals surface area (Å²) in [6.45, 7) is 10.2. The van der Waals surface area contributed by atoms with E-state index in [0.29, 0.717) is 30.3 Å². The summed E-state index contributed by atoms with van der Waals surface area (Å²) in [5.74, 6) is 0.342. The lowest BCUT2D eigenvalue weighted by Gasteiger charge is -2.14. The summed E-state index contributed by atoms with van der Waals surface area (Å²) in [5.41, 5.74) is 1.87. The van der Waals surface area contributed by atoms with E-state index in [1.165, 1.54) is 0 Å². The molecule has 0 fully saturated rings. The van der Waals surface area contributed by atoms with Crippen LogP contribution in [0.5, 0.6) is 0 Å². The number of hydrogen-bond acceptors (Lipinski definition) is 3. The van der Waals surface area contributed by atoms with Crippen LogP contribution in [0.3, 0.4) is 0 Å². The molecule has 120 valence electrons. The summed E-state index contributed by atoms with van der Waals surface area (Å²) in [5, 5.41) is 3.22. The highest BCUT2D eigenvalue weighted by molar-refractivity contribution is 7.89. The Morgan fingerprint density at radius 1 is 1.19 bits per heavy atom. The van der Waals surface area contributed by atoms with E-state index in [1.54, 1.807) is 6.07 Å². The van der Waals surface area contributed by atoms with E-state index < -0.39 is 10.0 Å². The third kappa shape index (κ3) is 5.41. The summed E-state index contributed by atoms with van der Waals surface area (Å²) in [7, 11) is -3.43. The molecule has 0 aliphatic carbocycles. The molecule has 1 aromatic rings. The highest BCUT2D eigenvalue weighted by Gasteiger charge is 2.18. The van der Waals surface area contributed by atoms with Gasteiger partial charge in [0.15, 0.2) is 0 Å². The minimum absolute atomic E-state index is 0.342. The molecule has 0 radical (unpaired) electrons. The minimum Gasteiger partial charge on any atom is -0.313 e. The van der Waals surface area contributed by atoms with Gasteiger partial charge >= 0.3 is 0 Å². The Bertz CT molecular complexity index is 541. The number of sulfonamides is 1. The first-order valence-electron chi connectivity index (χ1n) is 7.76. The van der Waals surface area contributed by atoms with Crippen molar-refractivity contribution in [3.05, 3.63) is 29.3 Å². The number of nitrogens with one attached hydrogen (secondary N) is 2. The number of rotatable bonds is 9. The van der Waals surface area contributed by atoms with E-state index in [-0.39, 0.29) is 0 Å². The maximum atomic E-state index is 12.5. The lowest BCUT2D eigenvalue weighted by molar-refractivity contribution is 0.528. The van der Waals surface area contributed by atoms with Crippen LogP contribution in [0.25, 0.3) is 0 Å². The lowest BCUT2D eigenvalue weighted by atomic mass is 10.1. The van der Waals surface area contributed by atoms with Gasteiger partial charge in [-0.2, -0.15) is 0 Å². The first-order valence-corrected chi connectivity index (χ1v) is 9.25. The topological polar surface area (TPSA) is 58.2 Å². The number of benzene rings is 1. The second kappa shape index (κ2) is 8.51. The molecule has 1 unspecified atom stereocenters. The SMILES string of the molecule is CCNCc1ccc(CC)c(S(=O)(=O)NCC(C)CC)c1. The second-order valence-electron chi connectivity index (χ2n) is 5.44. The zero-order valence-electron chi connectivity index (χ0n) is 13.6. The standard InChI is InChI=1S/C16H28N2O2S/c1-5-13(4)11-18-21(19,20)16-10-14(12-17-7-3)8-9-15(16)6-2/h8-10,13,17-18H,5-7,11-12H2,1-4H3. The van der Waals surface area contributed by atoms with Gasteiger partial charge in [0.1, 0.15) is 0 Å². The molecule has 21 heavy (non-hydrogen) atoms. The Morgan fingerprint density at radius 3 is 2.48 bits per heavy atom. The molecule has 4 nitrogen and oxygen atoms in total. The maximum Gasteiger partial charge on any atom is 0.240 e. The largest absolute Gasteiger partial charge is 0.313 e. The molecule has 0 saturated carbocycles. The van der Waals surface area contributed by atoms with Crippen molar-refractivity contribution in [2.75, 3.05) is 13.1 Å². The smallest absolute Gasteiger partial charge is 0.240 e. The zero-order chi connectivity index (χ0) is 15.9. The Hall–Kier alpha value is -0.910. The summed E-state index contributed by atoms with van der Waals surface area (Å²) in [6, 6.07) is 5.71. The zero-order valence-corrected chi connectivity index (χ0v) is 14.4. The van der Waals surface area contributed by atoms with Crippen LogP contribution >= 0.6 is 0 Å². The molecule has 5 heteroatoms. The van der Waals surface area contributed by atoms with Crippen molar-refractivity contribution in [3.8, 4) is 0 Å². The van der Waals surface area contributed by atoms with Crippen molar-refractivity contribution < 1.29 is 8.42 Å². The molecule has 0 spiro atoms. The van der Waals surface area contributed by atoms with E-state index in [2.05, 4.69) is 17.0 Å². The average molecular weight is 312 g/mol. The van der Waals surface area contributed by atoms with E-state index >= 15 is 0 Å². The van der Waals surface area contributed by atoms with Crippen LogP contribution < -0.4 is 10.0 Å². The van der Waals surface area contributed by atoms with Crippen LogP contribution in [0.15, 0.2) is 23.1 Å². The van der Waals surface area contributed by atoms with E-state index in [4.69, 9.17) is 0 Å². The quantitative estimate of drug-likeness (QED) is 0.737. The molecule has 0 saturated heterocycles. The van der Waals surface area contributed by atoms with Gasteiger partial charge in [-0.05, 0) is 36.1 Å². The minimum atomic E-state index is -3.43. The summed E-state index contributed by atoms with van der Waals surface area (Å²) < 4.78 is 27.8. The molecule has 0 aliphatic heterocycles. The number of aryl methyl sites for hydroxylation is 1. The van der Waals surface area contributed by atoms with Crippen LogP contribution in [0.1, 0.15) is 45.2 Å². The second-order valence-corrected chi connectivity index (χ2v) is 7.18.